The fourth-order valence-electron chi connectivity index (χ4n) is 1.83. The molecule has 0 aliphatic carbocycles. The SMILES string of the molecule is Cc1ccc(C(Sc2nccc(C)n2)C(C)N)cc1. The summed E-state index contributed by atoms with van der Waals surface area (Å²) in [5.41, 5.74) is 9.56. The zero-order chi connectivity index (χ0) is 13.8. The van der Waals surface area contributed by atoms with Crippen LogP contribution in [0.1, 0.15) is 29.0 Å². The summed E-state index contributed by atoms with van der Waals surface area (Å²) in [6.07, 6.45) is 1.79. The minimum atomic E-state index is 0.0387. The summed E-state index contributed by atoms with van der Waals surface area (Å²) < 4.78 is 0. The van der Waals surface area contributed by atoms with Crippen molar-refractivity contribution in [1.82, 2.24) is 9.97 Å². The average Bonchev–Trinajstić information content (AvgIpc) is 2.37. The molecule has 4 heteroatoms. The number of nitrogens with zero attached hydrogens (tertiary/aromatic N) is 2. The maximum Gasteiger partial charge on any atom is 0.188 e. The predicted molar refractivity (Wildman–Crippen MR) is 80.2 cm³/mol. The third kappa shape index (κ3) is 3.78. The van der Waals surface area contributed by atoms with Gasteiger partial charge in [0.05, 0.1) is 5.25 Å². The van der Waals surface area contributed by atoms with Crippen LogP contribution in [0.25, 0.3) is 0 Å². The van der Waals surface area contributed by atoms with Crippen LogP contribution in [0.2, 0.25) is 0 Å². The van der Waals surface area contributed by atoms with Gasteiger partial charge in [0.1, 0.15) is 0 Å². The Morgan fingerprint density at radius 1 is 1.11 bits per heavy atom. The second-order valence-electron chi connectivity index (χ2n) is 4.79. The Hall–Kier alpha value is -1.39. The molecule has 100 valence electrons. The Morgan fingerprint density at radius 2 is 1.79 bits per heavy atom. The number of thioether (sulfide) groups is 1. The van der Waals surface area contributed by atoms with Crippen molar-refractivity contribution in [3.63, 3.8) is 0 Å². The highest BCUT2D eigenvalue weighted by atomic mass is 32.2. The first-order chi connectivity index (χ1) is 9.06. The number of hydrogen-bond acceptors (Lipinski definition) is 4. The quantitative estimate of drug-likeness (QED) is 0.686. The van der Waals surface area contributed by atoms with Gasteiger partial charge in [0.15, 0.2) is 5.16 Å². The third-order valence-corrected chi connectivity index (χ3v) is 4.25. The van der Waals surface area contributed by atoms with Gasteiger partial charge in [-0.1, -0.05) is 41.6 Å². The average molecular weight is 273 g/mol. The Morgan fingerprint density at radius 3 is 2.37 bits per heavy atom. The summed E-state index contributed by atoms with van der Waals surface area (Å²) >= 11 is 1.62. The summed E-state index contributed by atoms with van der Waals surface area (Å²) in [5, 5.41) is 0.949. The summed E-state index contributed by atoms with van der Waals surface area (Å²) in [5.74, 6) is 0. The molecular formula is C15H19N3S. The largest absolute Gasteiger partial charge is 0.327 e. The van der Waals surface area contributed by atoms with E-state index >= 15 is 0 Å². The van der Waals surface area contributed by atoms with E-state index in [4.69, 9.17) is 5.73 Å². The van der Waals surface area contributed by atoms with Gasteiger partial charge in [-0.05, 0) is 32.4 Å². The molecule has 0 aliphatic heterocycles. The number of hydrogen-bond donors (Lipinski definition) is 1. The molecular weight excluding hydrogens is 254 g/mol. The Bertz CT molecular complexity index is 537. The molecule has 0 saturated heterocycles. The molecule has 0 amide bonds. The van der Waals surface area contributed by atoms with Gasteiger partial charge in [0.2, 0.25) is 0 Å². The van der Waals surface area contributed by atoms with Crippen molar-refractivity contribution in [3.8, 4) is 0 Å². The van der Waals surface area contributed by atoms with Crippen molar-refractivity contribution >= 4 is 11.8 Å². The highest BCUT2D eigenvalue weighted by Gasteiger charge is 2.19. The summed E-state index contributed by atoms with van der Waals surface area (Å²) in [6.45, 7) is 6.08. The van der Waals surface area contributed by atoms with Crippen LogP contribution in [0.15, 0.2) is 41.7 Å². The van der Waals surface area contributed by atoms with Crippen molar-refractivity contribution < 1.29 is 0 Å². The Kier molecular flexibility index (Phi) is 4.56. The zero-order valence-corrected chi connectivity index (χ0v) is 12.3. The highest BCUT2D eigenvalue weighted by Crippen LogP contribution is 2.35. The molecule has 0 radical (unpaired) electrons. The second-order valence-corrected chi connectivity index (χ2v) is 5.90. The highest BCUT2D eigenvalue weighted by molar-refractivity contribution is 7.99. The first-order valence-corrected chi connectivity index (χ1v) is 7.22. The molecule has 0 aliphatic rings. The van der Waals surface area contributed by atoms with Crippen LogP contribution in [0.3, 0.4) is 0 Å². The van der Waals surface area contributed by atoms with Gasteiger partial charge in [-0.2, -0.15) is 0 Å². The van der Waals surface area contributed by atoms with Gasteiger partial charge >= 0.3 is 0 Å². The van der Waals surface area contributed by atoms with E-state index in [9.17, 15) is 0 Å². The normalized spacial score (nSPS) is 14.1. The van der Waals surface area contributed by atoms with Crippen molar-refractivity contribution in [2.45, 2.75) is 37.2 Å². The lowest BCUT2D eigenvalue weighted by molar-refractivity contribution is 0.717. The Labute approximate surface area is 118 Å². The standard InChI is InChI=1S/C15H19N3S/c1-10-4-6-13(7-5-10)14(12(3)16)19-15-17-9-8-11(2)18-15/h4-9,12,14H,16H2,1-3H3. The Balaban J connectivity index is 2.23. The molecule has 2 atom stereocenters. The topological polar surface area (TPSA) is 51.8 Å². The number of nitrogens with two attached hydrogens (primary N) is 1. The van der Waals surface area contributed by atoms with E-state index in [0.717, 1.165) is 10.9 Å². The molecule has 2 aromatic rings. The molecule has 1 aromatic heterocycles. The number of aromatic nitrogens is 2. The predicted octanol–water partition coefficient (Wildman–Crippen LogP) is 3.27. The fourth-order valence-corrected chi connectivity index (χ4v) is 2.88. The van der Waals surface area contributed by atoms with Crippen molar-refractivity contribution in [1.29, 1.82) is 0 Å². The van der Waals surface area contributed by atoms with E-state index in [1.807, 2.05) is 19.9 Å². The van der Waals surface area contributed by atoms with Gasteiger partial charge in [-0.25, -0.2) is 9.97 Å². The number of aryl methyl sites for hydroxylation is 2. The summed E-state index contributed by atoms with van der Waals surface area (Å²) in [6, 6.07) is 10.4. The van der Waals surface area contributed by atoms with Crippen LogP contribution >= 0.6 is 11.8 Å². The lowest BCUT2D eigenvalue weighted by Crippen LogP contribution is -2.22. The molecule has 2 N–H and O–H groups in total. The van der Waals surface area contributed by atoms with Crippen LogP contribution in [0.5, 0.6) is 0 Å². The van der Waals surface area contributed by atoms with Gasteiger partial charge in [-0.3, -0.25) is 0 Å². The van der Waals surface area contributed by atoms with E-state index in [0.29, 0.717) is 0 Å². The van der Waals surface area contributed by atoms with Crippen LogP contribution < -0.4 is 5.73 Å². The van der Waals surface area contributed by atoms with E-state index in [1.165, 1.54) is 11.1 Å². The maximum absolute atomic E-state index is 6.12. The van der Waals surface area contributed by atoms with Crippen molar-refractivity contribution in [2.75, 3.05) is 0 Å². The molecule has 0 bridgehead atoms. The molecule has 2 unspecified atom stereocenters. The summed E-state index contributed by atoms with van der Waals surface area (Å²) in [4.78, 5) is 8.74. The lowest BCUT2D eigenvalue weighted by Gasteiger charge is -2.20. The number of rotatable bonds is 4. The number of benzene rings is 1. The monoisotopic (exact) mass is 273 g/mol. The van der Waals surface area contributed by atoms with Crippen molar-refractivity contribution in [3.05, 3.63) is 53.3 Å². The van der Waals surface area contributed by atoms with Gasteiger partial charge < -0.3 is 5.73 Å². The third-order valence-electron chi connectivity index (χ3n) is 2.89. The molecule has 1 aromatic carbocycles. The van der Waals surface area contributed by atoms with Crippen LogP contribution in [0, 0.1) is 13.8 Å². The minimum absolute atomic E-state index is 0.0387. The van der Waals surface area contributed by atoms with Gasteiger partial charge in [0, 0.05) is 17.9 Å². The smallest absolute Gasteiger partial charge is 0.188 e. The molecule has 3 nitrogen and oxygen atoms in total. The van der Waals surface area contributed by atoms with E-state index in [1.54, 1.807) is 18.0 Å². The first-order valence-electron chi connectivity index (χ1n) is 6.34. The maximum atomic E-state index is 6.12. The summed E-state index contributed by atoms with van der Waals surface area (Å²) in [7, 11) is 0. The lowest BCUT2D eigenvalue weighted by atomic mass is 10.1. The van der Waals surface area contributed by atoms with E-state index in [-0.39, 0.29) is 11.3 Å². The van der Waals surface area contributed by atoms with Crippen molar-refractivity contribution in [2.24, 2.45) is 5.73 Å². The second kappa shape index (κ2) is 6.17. The zero-order valence-electron chi connectivity index (χ0n) is 11.5. The van der Waals surface area contributed by atoms with Crippen LogP contribution in [0.4, 0.5) is 0 Å². The van der Waals surface area contributed by atoms with Crippen LogP contribution in [-0.4, -0.2) is 16.0 Å². The molecule has 0 fully saturated rings. The molecule has 0 spiro atoms. The van der Waals surface area contributed by atoms with Gasteiger partial charge in [0.25, 0.3) is 0 Å². The molecule has 2 rings (SSSR count). The molecule has 1 heterocycles. The molecule has 0 saturated carbocycles. The minimum Gasteiger partial charge on any atom is -0.327 e. The van der Waals surface area contributed by atoms with Gasteiger partial charge in [-0.15, -0.1) is 0 Å². The van der Waals surface area contributed by atoms with E-state index < -0.39 is 0 Å². The fraction of sp³-hybridized carbons (Fsp3) is 0.333. The van der Waals surface area contributed by atoms with E-state index in [2.05, 4.69) is 41.2 Å². The first kappa shape index (κ1) is 14.0. The van der Waals surface area contributed by atoms with Crippen LogP contribution in [-0.2, 0) is 0 Å². The molecule has 19 heavy (non-hydrogen) atoms.